The maximum absolute atomic E-state index is 12.9. The number of nitrogens with one attached hydrogen (secondary N) is 2. The number of ether oxygens (including phenoxy) is 2. The number of hydrogen-bond donors (Lipinski definition) is 2. The first-order valence-electron chi connectivity index (χ1n) is 11.7. The summed E-state index contributed by atoms with van der Waals surface area (Å²) < 4.78 is 11.1. The molecule has 8 heteroatoms. The molecule has 0 radical (unpaired) electrons. The normalized spacial score (nSPS) is 12.5. The van der Waals surface area contributed by atoms with E-state index in [0.29, 0.717) is 35.1 Å². The van der Waals surface area contributed by atoms with Crippen molar-refractivity contribution in [3.63, 3.8) is 0 Å². The second kappa shape index (κ2) is 12.7. The van der Waals surface area contributed by atoms with Crippen LogP contribution in [0, 0.1) is 0 Å². The van der Waals surface area contributed by atoms with Gasteiger partial charge >= 0.3 is 5.97 Å². The molecule has 6 nitrogen and oxygen atoms in total. The van der Waals surface area contributed by atoms with Crippen molar-refractivity contribution in [2.45, 2.75) is 65.2 Å². The largest absolute Gasteiger partial charge is 0.493 e. The molecule has 178 valence electrons. The molecule has 0 atom stereocenters. The predicted molar refractivity (Wildman–Crippen MR) is 137 cm³/mol. The number of esters is 1. The molecular weight excluding hydrogens is 456 g/mol. The van der Waals surface area contributed by atoms with Gasteiger partial charge in [0.15, 0.2) is 5.11 Å². The van der Waals surface area contributed by atoms with Gasteiger partial charge < -0.3 is 14.8 Å². The van der Waals surface area contributed by atoms with Gasteiger partial charge in [-0.15, -0.1) is 11.3 Å². The highest BCUT2D eigenvalue weighted by Gasteiger charge is 2.27. The Labute approximate surface area is 205 Å². The number of aryl methyl sites for hydroxylation is 1. The number of fused-ring (bicyclic) bond motifs is 1. The summed E-state index contributed by atoms with van der Waals surface area (Å²) in [6, 6.07) is 7.14. The SMILES string of the molecule is CCCCCCOc1ccccc1C(=O)NC(=S)Nc1sc2c(c1C(=O)OCC)CCCC2. The Kier molecular flexibility index (Phi) is 9.69. The van der Waals surface area contributed by atoms with Crippen molar-refractivity contribution < 1.29 is 19.1 Å². The zero-order chi connectivity index (χ0) is 23.6. The first kappa shape index (κ1) is 25.2. The number of hydrogen-bond acceptors (Lipinski definition) is 6. The van der Waals surface area contributed by atoms with E-state index in [0.717, 1.165) is 50.5 Å². The Morgan fingerprint density at radius 3 is 2.67 bits per heavy atom. The molecule has 0 aliphatic heterocycles. The molecule has 1 aromatic carbocycles. The molecule has 1 aliphatic rings. The number of anilines is 1. The van der Waals surface area contributed by atoms with E-state index < -0.39 is 0 Å². The van der Waals surface area contributed by atoms with Gasteiger partial charge in [-0.1, -0.05) is 38.3 Å². The van der Waals surface area contributed by atoms with E-state index in [1.54, 1.807) is 25.1 Å². The van der Waals surface area contributed by atoms with Crippen LogP contribution in [0.3, 0.4) is 0 Å². The van der Waals surface area contributed by atoms with Gasteiger partial charge in [0, 0.05) is 4.88 Å². The van der Waals surface area contributed by atoms with Crippen molar-refractivity contribution in [1.82, 2.24) is 5.32 Å². The molecule has 0 spiro atoms. The zero-order valence-electron chi connectivity index (χ0n) is 19.3. The van der Waals surface area contributed by atoms with E-state index in [9.17, 15) is 9.59 Å². The second-order valence-corrected chi connectivity index (χ2v) is 9.46. The molecule has 1 heterocycles. The average Bonchev–Trinajstić information content (AvgIpc) is 3.17. The lowest BCUT2D eigenvalue weighted by molar-refractivity contribution is 0.0526. The standard InChI is InChI=1S/C25H32N2O4S2/c1-3-5-6-11-16-31-19-14-9-7-12-17(19)22(28)26-25(32)27-23-21(24(29)30-4-2)18-13-8-10-15-20(18)33-23/h7,9,12,14H,3-6,8,10-11,13,15-16H2,1-2H3,(H2,26,27,28,32). The summed E-state index contributed by atoms with van der Waals surface area (Å²) in [6.45, 7) is 4.83. The van der Waals surface area contributed by atoms with E-state index >= 15 is 0 Å². The molecule has 0 fully saturated rings. The number of rotatable bonds is 10. The number of para-hydroxylation sites is 1. The molecule has 2 N–H and O–H groups in total. The van der Waals surface area contributed by atoms with E-state index in [-0.39, 0.29) is 17.0 Å². The summed E-state index contributed by atoms with van der Waals surface area (Å²) in [7, 11) is 0. The monoisotopic (exact) mass is 488 g/mol. The summed E-state index contributed by atoms with van der Waals surface area (Å²) in [5.74, 6) is -0.167. The number of thiocarbonyl (C=S) groups is 1. The number of carbonyl (C=O) groups is 2. The summed E-state index contributed by atoms with van der Waals surface area (Å²) in [4.78, 5) is 26.7. The molecule has 3 rings (SSSR count). The van der Waals surface area contributed by atoms with Crippen LogP contribution in [0.25, 0.3) is 0 Å². The minimum absolute atomic E-state index is 0.141. The van der Waals surface area contributed by atoms with E-state index in [1.807, 2.05) is 6.07 Å². The fourth-order valence-electron chi connectivity index (χ4n) is 3.87. The topological polar surface area (TPSA) is 76.7 Å². The van der Waals surface area contributed by atoms with Crippen LogP contribution in [0.15, 0.2) is 24.3 Å². The summed E-state index contributed by atoms with van der Waals surface area (Å²) in [5.41, 5.74) is 2.01. The Hall–Kier alpha value is -2.45. The third-order valence-electron chi connectivity index (χ3n) is 5.49. The van der Waals surface area contributed by atoms with E-state index in [1.165, 1.54) is 22.6 Å². The molecule has 0 unspecified atom stereocenters. The van der Waals surface area contributed by atoms with Crippen molar-refractivity contribution in [3.05, 3.63) is 45.8 Å². The number of carbonyl (C=O) groups excluding carboxylic acids is 2. The summed E-state index contributed by atoms with van der Waals surface area (Å²) in [6.07, 6.45) is 8.33. The smallest absolute Gasteiger partial charge is 0.341 e. The van der Waals surface area contributed by atoms with Gasteiger partial charge in [-0.2, -0.15) is 0 Å². The number of thiophene rings is 1. The fourth-order valence-corrected chi connectivity index (χ4v) is 5.41. The van der Waals surface area contributed by atoms with Crippen LogP contribution in [0.4, 0.5) is 5.00 Å². The molecule has 0 saturated heterocycles. The minimum atomic E-state index is -0.352. The minimum Gasteiger partial charge on any atom is -0.493 e. The van der Waals surface area contributed by atoms with Crippen LogP contribution in [0.2, 0.25) is 0 Å². The highest BCUT2D eigenvalue weighted by molar-refractivity contribution is 7.80. The molecule has 1 amide bonds. The molecule has 0 saturated carbocycles. The predicted octanol–water partition coefficient (Wildman–Crippen LogP) is 5.89. The van der Waals surface area contributed by atoms with E-state index in [4.69, 9.17) is 21.7 Å². The van der Waals surface area contributed by atoms with Gasteiger partial charge in [0.25, 0.3) is 5.91 Å². The molecule has 1 aromatic heterocycles. The maximum Gasteiger partial charge on any atom is 0.341 e. The Bertz CT molecular complexity index is 987. The van der Waals surface area contributed by atoms with E-state index in [2.05, 4.69) is 17.6 Å². The van der Waals surface area contributed by atoms with Crippen LogP contribution >= 0.6 is 23.6 Å². The molecule has 0 bridgehead atoms. The van der Waals surface area contributed by atoms with Gasteiger partial charge in [0.2, 0.25) is 0 Å². The Balaban J connectivity index is 1.68. The lowest BCUT2D eigenvalue weighted by Gasteiger charge is -2.14. The Morgan fingerprint density at radius 2 is 1.88 bits per heavy atom. The van der Waals surface area contributed by atoms with Crippen molar-refractivity contribution in [2.24, 2.45) is 0 Å². The Morgan fingerprint density at radius 1 is 1.09 bits per heavy atom. The number of benzene rings is 1. The zero-order valence-corrected chi connectivity index (χ0v) is 21.0. The third-order valence-corrected chi connectivity index (χ3v) is 6.90. The quantitative estimate of drug-likeness (QED) is 0.247. The molecular formula is C25H32N2O4S2. The van der Waals surface area contributed by atoms with Gasteiger partial charge in [-0.3, -0.25) is 10.1 Å². The molecule has 1 aliphatic carbocycles. The molecule has 2 aromatic rings. The highest BCUT2D eigenvalue weighted by Crippen LogP contribution is 2.38. The van der Waals surface area contributed by atoms with Gasteiger partial charge in [-0.05, 0) is 68.9 Å². The molecule has 33 heavy (non-hydrogen) atoms. The summed E-state index contributed by atoms with van der Waals surface area (Å²) >= 11 is 6.93. The number of amides is 1. The lowest BCUT2D eigenvalue weighted by Crippen LogP contribution is -2.34. The van der Waals surface area contributed by atoms with Gasteiger partial charge in [0.05, 0.1) is 24.3 Å². The van der Waals surface area contributed by atoms with Crippen molar-refractivity contribution in [2.75, 3.05) is 18.5 Å². The van der Waals surface area contributed by atoms with Crippen molar-refractivity contribution in [3.8, 4) is 5.75 Å². The number of unbranched alkanes of at least 4 members (excludes halogenated alkanes) is 3. The highest BCUT2D eigenvalue weighted by atomic mass is 32.1. The van der Waals surface area contributed by atoms with Gasteiger partial charge in [0.1, 0.15) is 10.8 Å². The van der Waals surface area contributed by atoms with Gasteiger partial charge in [-0.25, -0.2) is 4.79 Å². The first-order valence-corrected chi connectivity index (χ1v) is 12.9. The van der Waals surface area contributed by atoms with Crippen LogP contribution in [0.5, 0.6) is 5.75 Å². The fraction of sp³-hybridized carbons (Fsp3) is 0.480. The van der Waals surface area contributed by atoms with Crippen LogP contribution in [0.1, 0.15) is 83.5 Å². The van der Waals surface area contributed by atoms with Crippen molar-refractivity contribution >= 4 is 45.5 Å². The van der Waals surface area contributed by atoms with Crippen molar-refractivity contribution in [1.29, 1.82) is 0 Å². The van der Waals surface area contributed by atoms with Crippen LogP contribution in [-0.2, 0) is 17.6 Å². The maximum atomic E-state index is 12.9. The third kappa shape index (κ3) is 6.77. The lowest BCUT2D eigenvalue weighted by atomic mass is 9.95. The summed E-state index contributed by atoms with van der Waals surface area (Å²) in [5, 5.41) is 6.57. The van der Waals surface area contributed by atoms with Crippen LogP contribution < -0.4 is 15.4 Å². The first-order chi connectivity index (χ1) is 16.0. The van der Waals surface area contributed by atoms with Crippen LogP contribution in [-0.4, -0.2) is 30.2 Å². The average molecular weight is 489 g/mol. The second-order valence-electron chi connectivity index (χ2n) is 7.95.